The van der Waals surface area contributed by atoms with E-state index in [4.69, 9.17) is 9.26 Å². The fourth-order valence-corrected chi connectivity index (χ4v) is 1.05. The summed E-state index contributed by atoms with van der Waals surface area (Å²) in [5.74, 6) is -0.0105. The summed E-state index contributed by atoms with van der Waals surface area (Å²) in [5.41, 5.74) is 0.166. The average Bonchev–Trinajstić information content (AvgIpc) is 2.69. The van der Waals surface area contributed by atoms with Crippen molar-refractivity contribution in [1.82, 2.24) is 5.16 Å². The van der Waals surface area contributed by atoms with E-state index in [9.17, 15) is 4.79 Å². The number of carbonyl (C=O) groups excluding carboxylic acids is 1. The minimum Gasteiger partial charge on any atom is -0.461 e. The number of nitrogens with zero attached hydrogens (tertiary/aromatic N) is 2. The Morgan fingerprint density at radius 3 is 2.69 bits per heavy atom. The van der Waals surface area contributed by atoms with Crippen molar-refractivity contribution in [3.8, 4) is 0 Å². The second kappa shape index (κ2) is 7.79. The molecule has 0 bridgehead atoms. The van der Waals surface area contributed by atoms with E-state index in [1.807, 2.05) is 0 Å². The molecule has 1 heterocycles. The summed E-state index contributed by atoms with van der Waals surface area (Å²) in [6.45, 7) is 10.5. The first-order valence-electron chi connectivity index (χ1n) is 4.70. The topological polar surface area (TPSA) is 55.6 Å². The monoisotopic (exact) mass is 299 g/mol. The number of hydrogen-bond acceptors (Lipinski definition) is 5. The summed E-state index contributed by atoms with van der Waals surface area (Å²) in [6, 6.07) is 1.52. The Balaban J connectivity index is 0.00000225. The Morgan fingerprint density at radius 2 is 2.19 bits per heavy atom. The van der Waals surface area contributed by atoms with E-state index in [0.29, 0.717) is 25.6 Å². The predicted octanol–water partition coefficient (Wildman–Crippen LogP) is 1.32. The summed E-state index contributed by atoms with van der Waals surface area (Å²) in [7, 11) is 0. The van der Waals surface area contributed by atoms with Gasteiger partial charge in [-0.3, -0.25) is 0 Å². The minimum atomic E-state index is -0.486. The molecule has 0 atom stereocenters. The van der Waals surface area contributed by atoms with Crippen LogP contribution < -0.4 is 4.90 Å². The Kier molecular flexibility index (Phi) is 7.59. The number of esters is 1. The maximum absolute atomic E-state index is 11.3. The minimum absolute atomic E-state index is 0. The Bertz CT molecular complexity index is 324. The molecule has 1 aromatic heterocycles. The first kappa shape index (κ1) is 15.6. The number of rotatable bonds is 5. The standard InChI is InChI=1S/C10H14N2O3.Y/c1-4-12(5-2)9-7-8(11-15-9)10(13)14-6-3;/h7H,1-2,4-6H2,3H3;/q-2;. The molecule has 0 N–H and O–H groups in total. The van der Waals surface area contributed by atoms with Gasteiger partial charge in [0, 0.05) is 38.8 Å². The van der Waals surface area contributed by atoms with Gasteiger partial charge in [0.2, 0.25) is 5.88 Å². The van der Waals surface area contributed by atoms with Crippen molar-refractivity contribution in [2.24, 2.45) is 0 Å². The molecule has 0 aliphatic heterocycles. The third kappa shape index (κ3) is 3.87. The van der Waals surface area contributed by atoms with E-state index in [-0.39, 0.29) is 38.4 Å². The van der Waals surface area contributed by atoms with Gasteiger partial charge in [-0.25, -0.2) is 4.79 Å². The Morgan fingerprint density at radius 1 is 1.56 bits per heavy atom. The summed E-state index contributed by atoms with van der Waals surface area (Å²) in [4.78, 5) is 13.0. The first-order valence-corrected chi connectivity index (χ1v) is 4.70. The summed E-state index contributed by atoms with van der Waals surface area (Å²) in [5, 5.41) is 3.60. The quantitative estimate of drug-likeness (QED) is 0.606. The zero-order valence-corrected chi connectivity index (χ0v) is 12.1. The van der Waals surface area contributed by atoms with Gasteiger partial charge in [0.1, 0.15) is 0 Å². The zero-order valence-electron chi connectivity index (χ0n) is 9.31. The van der Waals surface area contributed by atoms with Crippen LogP contribution in [0.5, 0.6) is 0 Å². The number of hydrogen-bond donors (Lipinski definition) is 0. The van der Waals surface area contributed by atoms with Gasteiger partial charge in [0.15, 0.2) is 5.69 Å². The van der Waals surface area contributed by atoms with Crippen LogP contribution in [0.2, 0.25) is 0 Å². The number of ether oxygens (including phenoxy) is 1. The molecule has 0 aliphatic rings. The fourth-order valence-electron chi connectivity index (χ4n) is 1.05. The smallest absolute Gasteiger partial charge is 0.360 e. The largest absolute Gasteiger partial charge is 0.461 e. The molecular weight excluding hydrogens is 285 g/mol. The number of carbonyl (C=O) groups is 1. The van der Waals surface area contributed by atoms with Gasteiger partial charge in [-0.2, -0.15) is 0 Å². The van der Waals surface area contributed by atoms with Gasteiger partial charge >= 0.3 is 5.97 Å². The van der Waals surface area contributed by atoms with Gasteiger partial charge in [0.25, 0.3) is 0 Å². The molecule has 0 saturated heterocycles. The van der Waals surface area contributed by atoms with Gasteiger partial charge < -0.3 is 28.0 Å². The zero-order chi connectivity index (χ0) is 11.3. The molecule has 5 nitrogen and oxygen atoms in total. The SMILES string of the molecule is [CH2-]CN(C[CH2-])c1cc(C(=O)OCC)no1.[Y]. The Labute approximate surface area is 120 Å². The maximum Gasteiger partial charge on any atom is 0.360 e. The average molecular weight is 299 g/mol. The molecule has 0 aliphatic carbocycles. The maximum atomic E-state index is 11.3. The van der Waals surface area contributed by atoms with Crippen LogP contribution in [0.25, 0.3) is 0 Å². The van der Waals surface area contributed by atoms with Crippen molar-refractivity contribution in [1.29, 1.82) is 0 Å². The molecule has 1 rings (SSSR count). The second-order valence-electron chi connectivity index (χ2n) is 2.76. The van der Waals surface area contributed by atoms with Crippen LogP contribution >= 0.6 is 0 Å². The molecule has 0 unspecified atom stereocenters. The molecule has 0 aromatic carbocycles. The molecule has 0 spiro atoms. The molecule has 87 valence electrons. The van der Waals surface area contributed by atoms with Crippen LogP contribution in [0.1, 0.15) is 17.4 Å². The van der Waals surface area contributed by atoms with Gasteiger partial charge in [-0.05, 0) is 6.92 Å². The Hall–Kier alpha value is -0.416. The summed E-state index contributed by atoms with van der Waals surface area (Å²) in [6.07, 6.45) is 0. The van der Waals surface area contributed by atoms with Gasteiger partial charge in [-0.1, -0.05) is 5.16 Å². The van der Waals surface area contributed by atoms with Crippen molar-refractivity contribution in [2.45, 2.75) is 6.92 Å². The predicted molar refractivity (Wildman–Crippen MR) is 55.4 cm³/mol. The van der Waals surface area contributed by atoms with Crippen LogP contribution in [-0.2, 0) is 37.4 Å². The molecular formula is C10H14N2O3Y-2. The van der Waals surface area contributed by atoms with Crippen LogP contribution in [-0.4, -0.2) is 30.8 Å². The first-order chi connectivity index (χ1) is 7.22. The van der Waals surface area contributed by atoms with E-state index >= 15 is 0 Å². The van der Waals surface area contributed by atoms with E-state index in [1.54, 1.807) is 11.8 Å². The molecule has 0 fully saturated rings. The van der Waals surface area contributed by atoms with Crippen molar-refractivity contribution in [2.75, 3.05) is 24.6 Å². The van der Waals surface area contributed by atoms with Crippen molar-refractivity contribution in [3.63, 3.8) is 0 Å². The van der Waals surface area contributed by atoms with Crippen molar-refractivity contribution in [3.05, 3.63) is 25.6 Å². The van der Waals surface area contributed by atoms with Crippen LogP contribution in [0.3, 0.4) is 0 Å². The van der Waals surface area contributed by atoms with Crippen LogP contribution in [0.15, 0.2) is 10.6 Å². The van der Waals surface area contributed by atoms with E-state index in [0.717, 1.165) is 0 Å². The molecule has 0 amide bonds. The van der Waals surface area contributed by atoms with Crippen LogP contribution in [0.4, 0.5) is 5.88 Å². The van der Waals surface area contributed by atoms with Crippen molar-refractivity contribution < 1.29 is 46.8 Å². The number of anilines is 1. The molecule has 0 saturated carbocycles. The normalized spacial score (nSPS) is 9.44. The van der Waals surface area contributed by atoms with E-state index in [1.165, 1.54) is 6.07 Å². The van der Waals surface area contributed by atoms with E-state index < -0.39 is 5.97 Å². The molecule has 1 radical (unpaired) electrons. The number of aromatic nitrogens is 1. The second-order valence-corrected chi connectivity index (χ2v) is 2.76. The molecule has 16 heavy (non-hydrogen) atoms. The van der Waals surface area contributed by atoms with Crippen molar-refractivity contribution >= 4 is 11.9 Å². The van der Waals surface area contributed by atoms with Gasteiger partial charge in [0.05, 0.1) is 6.61 Å². The third-order valence-electron chi connectivity index (χ3n) is 1.83. The van der Waals surface area contributed by atoms with E-state index in [2.05, 4.69) is 19.0 Å². The van der Waals surface area contributed by atoms with Gasteiger partial charge in [-0.15, -0.1) is 13.1 Å². The summed E-state index contributed by atoms with van der Waals surface area (Å²) >= 11 is 0. The van der Waals surface area contributed by atoms with Crippen LogP contribution in [0, 0.1) is 13.8 Å². The third-order valence-corrected chi connectivity index (χ3v) is 1.83. The fraction of sp³-hybridized carbons (Fsp3) is 0.400. The summed E-state index contributed by atoms with van der Waals surface area (Å²) < 4.78 is 9.75. The molecule has 6 heteroatoms. The molecule has 1 aromatic rings.